The zero-order chi connectivity index (χ0) is 10.3. The number of alkyl halides is 1. The minimum atomic E-state index is -2.87. The van der Waals surface area contributed by atoms with Gasteiger partial charge >= 0.3 is 8.25 Å². The van der Waals surface area contributed by atoms with Crippen molar-refractivity contribution in [1.29, 1.82) is 0 Å². The van der Waals surface area contributed by atoms with Gasteiger partial charge < -0.3 is 0 Å². The van der Waals surface area contributed by atoms with Crippen LogP contribution in [0.5, 0.6) is 0 Å². The summed E-state index contributed by atoms with van der Waals surface area (Å²) in [6.45, 7) is 2.12. The second-order valence-corrected chi connectivity index (χ2v) is 4.01. The van der Waals surface area contributed by atoms with Gasteiger partial charge in [-0.05, 0) is 6.42 Å². The number of hydrogen-bond acceptors (Lipinski definition) is 3. The van der Waals surface area contributed by atoms with Gasteiger partial charge in [-0.25, -0.2) is 4.98 Å². The van der Waals surface area contributed by atoms with Crippen LogP contribution >= 0.6 is 30.8 Å². The van der Waals surface area contributed by atoms with Gasteiger partial charge in [-0.1, -0.05) is 29.5 Å². The van der Waals surface area contributed by atoms with Crippen molar-refractivity contribution in [2.45, 2.75) is 17.3 Å². The lowest BCUT2D eigenvalue weighted by Crippen LogP contribution is -1.89. The van der Waals surface area contributed by atoms with Crippen LogP contribution in [0.2, 0.25) is 0 Å². The van der Waals surface area contributed by atoms with Crippen LogP contribution in [0.15, 0.2) is 6.33 Å². The van der Waals surface area contributed by atoms with E-state index in [1.165, 1.54) is 6.33 Å². The Bertz CT molecular complexity index is 239. The van der Waals surface area contributed by atoms with Crippen LogP contribution in [0, 0.1) is 0 Å². The third-order valence-electron chi connectivity index (χ3n) is 1.09. The predicted molar refractivity (Wildman–Crippen MR) is 55.5 cm³/mol. The van der Waals surface area contributed by atoms with Crippen molar-refractivity contribution in [3.8, 4) is 0 Å². The van der Waals surface area contributed by atoms with Crippen LogP contribution in [-0.2, 0) is 4.57 Å². The van der Waals surface area contributed by atoms with Crippen molar-refractivity contribution in [1.82, 2.24) is 15.2 Å². The number of hydrogen-bond donors (Lipinski definition) is 3. The standard InChI is InChI=1S/C5H8IN3.HO3P/c1-2-4(6)5-7-3-8-9-5;1-4(2)3/h3-4H,2H2,1H3,(H,7,8,9);(H-,1,2,3)/p+1. The summed E-state index contributed by atoms with van der Waals surface area (Å²) in [5.74, 6) is 0.970. The molecule has 1 aromatic rings. The minimum Gasteiger partial charge on any atom is -0.262 e. The van der Waals surface area contributed by atoms with Crippen LogP contribution in [-0.4, -0.2) is 25.0 Å². The fourth-order valence-corrected chi connectivity index (χ4v) is 0.859. The molecule has 1 rings (SSSR count). The molecule has 0 bridgehead atoms. The summed E-state index contributed by atoms with van der Waals surface area (Å²) in [5, 5.41) is 6.57. The van der Waals surface area contributed by atoms with Crippen LogP contribution in [0.4, 0.5) is 0 Å². The summed E-state index contributed by atoms with van der Waals surface area (Å²) in [5.41, 5.74) is 0. The van der Waals surface area contributed by atoms with Crippen molar-refractivity contribution in [2.24, 2.45) is 0 Å². The Morgan fingerprint density at radius 2 is 2.31 bits per heavy atom. The van der Waals surface area contributed by atoms with Crippen LogP contribution in [0.1, 0.15) is 23.1 Å². The van der Waals surface area contributed by atoms with Gasteiger partial charge in [-0.2, -0.15) is 5.10 Å². The van der Waals surface area contributed by atoms with Crippen molar-refractivity contribution < 1.29 is 14.4 Å². The molecule has 0 radical (unpaired) electrons. The fraction of sp³-hybridized carbons (Fsp3) is 0.600. The predicted octanol–water partition coefficient (Wildman–Crippen LogP) is 1.32. The molecule has 13 heavy (non-hydrogen) atoms. The molecule has 0 aliphatic heterocycles. The highest BCUT2D eigenvalue weighted by Crippen LogP contribution is 2.21. The zero-order valence-corrected chi connectivity index (χ0v) is 9.94. The maximum absolute atomic E-state index is 8.70. The molecule has 1 aromatic heterocycles. The molecule has 8 heteroatoms. The third kappa shape index (κ3) is 7.00. The van der Waals surface area contributed by atoms with Crippen molar-refractivity contribution in [3.05, 3.63) is 12.2 Å². The fourth-order valence-electron chi connectivity index (χ4n) is 0.559. The van der Waals surface area contributed by atoms with E-state index in [4.69, 9.17) is 14.4 Å². The second-order valence-electron chi connectivity index (χ2n) is 2.00. The highest BCUT2D eigenvalue weighted by Gasteiger charge is 2.05. The molecule has 0 saturated heterocycles. The van der Waals surface area contributed by atoms with Crippen LogP contribution in [0.3, 0.4) is 0 Å². The van der Waals surface area contributed by atoms with E-state index in [1.54, 1.807) is 0 Å². The van der Waals surface area contributed by atoms with E-state index in [-0.39, 0.29) is 0 Å². The number of H-pyrrole nitrogens is 1. The van der Waals surface area contributed by atoms with Gasteiger partial charge in [0, 0.05) is 4.57 Å². The molecular formula is C5H10IN3O3P+. The molecule has 0 fully saturated rings. The van der Waals surface area contributed by atoms with E-state index in [1.807, 2.05) is 0 Å². The van der Waals surface area contributed by atoms with Gasteiger partial charge in [-0.15, -0.1) is 9.79 Å². The number of aromatic nitrogens is 3. The van der Waals surface area contributed by atoms with Crippen molar-refractivity contribution >= 4 is 30.8 Å². The van der Waals surface area contributed by atoms with Crippen molar-refractivity contribution in [2.75, 3.05) is 0 Å². The summed E-state index contributed by atoms with van der Waals surface area (Å²) >= 11 is 2.33. The molecule has 3 N–H and O–H groups in total. The second kappa shape index (κ2) is 7.31. The number of rotatable bonds is 2. The van der Waals surface area contributed by atoms with E-state index in [0.717, 1.165) is 12.2 Å². The van der Waals surface area contributed by atoms with Gasteiger partial charge in [0.15, 0.2) is 0 Å². The summed E-state index contributed by atoms with van der Waals surface area (Å²) in [4.78, 5) is 18.3. The number of halogens is 1. The summed E-state index contributed by atoms with van der Waals surface area (Å²) in [6.07, 6.45) is 2.63. The lowest BCUT2D eigenvalue weighted by atomic mass is 10.3. The molecule has 0 amide bonds. The molecule has 6 nitrogen and oxygen atoms in total. The zero-order valence-electron chi connectivity index (χ0n) is 6.88. The van der Waals surface area contributed by atoms with E-state index in [0.29, 0.717) is 3.92 Å². The highest BCUT2D eigenvalue weighted by atomic mass is 127. The first-order chi connectivity index (χ1) is 6.07. The molecule has 0 saturated carbocycles. The lowest BCUT2D eigenvalue weighted by molar-refractivity contribution is 0.405. The van der Waals surface area contributed by atoms with Crippen LogP contribution < -0.4 is 0 Å². The monoisotopic (exact) mass is 318 g/mol. The quantitative estimate of drug-likeness (QED) is 0.434. The summed E-state index contributed by atoms with van der Waals surface area (Å²) in [6, 6.07) is 0. The Hall–Kier alpha value is -0.110. The van der Waals surface area contributed by atoms with E-state index in [2.05, 4.69) is 44.7 Å². The lowest BCUT2D eigenvalue weighted by Gasteiger charge is -1.98. The molecule has 74 valence electrons. The largest absolute Gasteiger partial charge is 0.692 e. The van der Waals surface area contributed by atoms with Gasteiger partial charge in [-0.3, -0.25) is 5.10 Å². The van der Waals surface area contributed by atoms with E-state index >= 15 is 0 Å². The van der Waals surface area contributed by atoms with Gasteiger partial charge in [0.1, 0.15) is 12.2 Å². The topological polar surface area (TPSA) is 99.1 Å². The Morgan fingerprint density at radius 3 is 2.62 bits per heavy atom. The Morgan fingerprint density at radius 1 is 1.77 bits per heavy atom. The Labute approximate surface area is 89.9 Å². The molecule has 1 atom stereocenters. The Kier molecular flexibility index (Phi) is 7.25. The molecule has 0 aliphatic rings. The van der Waals surface area contributed by atoms with Crippen LogP contribution in [0.25, 0.3) is 0 Å². The highest BCUT2D eigenvalue weighted by molar-refractivity contribution is 14.1. The summed E-state index contributed by atoms with van der Waals surface area (Å²) < 4.78 is 9.18. The summed E-state index contributed by atoms with van der Waals surface area (Å²) in [7, 11) is -2.87. The molecular weight excluding hydrogens is 308 g/mol. The smallest absolute Gasteiger partial charge is 0.262 e. The first-order valence-corrected chi connectivity index (χ1v) is 5.83. The molecule has 0 aromatic carbocycles. The van der Waals surface area contributed by atoms with Gasteiger partial charge in [0.25, 0.3) is 0 Å². The van der Waals surface area contributed by atoms with Gasteiger partial charge in [0.05, 0.1) is 3.92 Å². The number of nitrogens with one attached hydrogen (secondary N) is 1. The Balaban J connectivity index is 0.000000310. The average molecular weight is 318 g/mol. The molecule has 0 aliphatic carbocycles. The van der Waals surface area contributed by atoms with E-state index in [9.17, 15) is 0 Å². The first kappa shape index (κ1) is 12.9. The van der Waals surface area contributed by atoms with Crippen molar-refractivity contribution in [3.63, 3.8) is 0 Å². The maximum atomic E-state index is 8.70. The molecule has 1 unspecified atom stereocenters. The van der Waals surface area contributed by atoms with E-state index < -0.39 is 8.25 Å². The third-order valence-corrected chi connectivity index (χ3v) is 2.56. The number of aromatic amines is 1. The average Bonchev–Trinajstić information content (AvgIpc) is 2.54. The maximum Gasteiger partial charge on any atom is 0.692 e. The van der Waals surface area contributed by atoms with Gasteiger partial charge in [0.2, 0.25) is 0 Å². The first-order valence-electron chi connectivity index (χ1n) is 3.42. The normalized spacial score (nSPS) is 11.4. The molecule has 1 heterocycles. The molecule has 0 spiro atoms. The SMILES string of the molecule is CCC(I)c1ncn[nH]1.O=[P+](O)O. The number of nitrogens with zero attached hydrogens (tertiary/aromatic N) is 2. The minimum absolute atomic E-state index is 0.477.